The molecular formula is C23H22N2O5. The van der Waals surface area contributed by atoms with Crippen LogP contribution in [0.15, 0.2) is 72.8 Å². The molecule has 1 amide bonds. The van der Waals surface area contributed by atoms with E-state index in [9.17, 15) is 9.59 Å². The van der Waals surface area contributed by atoms with Gasteiger partial charge in [-0.1, -0.05) is 30.3 Å². The maximum atomic E-state index is 12.5. The highest BCUT2D eigenvalue weighted by Crippen LogP contribution is 2.29. The van der Waals surface area contributed by atoms with Gasteiger partial charge in [-0.25, -0.2) is 4.79 Å². The number of hydrogen-bond acceptors (Lipinski definition) is 6. The average Bonchev–Trinajstić information content (AvgIpc) is 2.78. The van der Waals surface area contributed by atoms with E-state index in [0.29, 0.717) is 28.4 Å². The summed E-state index contributed by atoms with van der Waals surface area (Å²) < 4.78 is 15.6. The smallest absolute Gasteiger partial charge is 0.340 e. The van der Waals surface area contributed by atoms with Crippen molar-refractivity contribution < 1.29 is 23.8 Å². The van der Waals surface area contributed by atoms with Gasteiger partial charge in [0, 0.05) is 11.8 Å². The van der Waals surface area contributed by atoms with Crippen molar-refractivity contribution in [1.82, 2.24) is 0 Å². The zero-order valence-electron chi connectivity index (χ0n) is 16.7. The number of para-hydroxylation sites is 2. The average molecular weight is 406 g/mol. The highest BCUT2D eigenvalue weighted by atomic mass is 16.5. The third kappa shape index (κ3) is 5.29. The molecule has 0 heterocycles. The van der Waals surface area contributed by atoms with Crippen LogP contribution in [-0.4, -0.2) is 32.7 Å². The highest BCUT2D eigenvalue weighted by molar-refractivity contribution is 5.99. The fraction of sp³-hybridized carbons (Fsp3) is 0.130. The number of esters is 1. The molecule has 0 spiro atoms. The van der Waals surface area contributed by atoms with Crippen molar-refractivity contribution in [2.24, 2.45) is 0 Å². The first kappa shape index (κ1) is 20.7. The molecule has 0 fully saturated rings. The minimum absolute atomic E-state index is 0.327. The number of carbonyl (C=O) groups is 2. The summed E-state index contributed by atoms with van der Waals surface area (Å²) in [5, 5.41) is 5.84. The van der Waals surface area contributed by atoms with Gasteiger partial charge in [0.25, 0.3) is 5.91 Å². The van der Waals surface area contributed by atoms with Crippen molar-refractivity contribution in [3.05, 3.63) is 78.4 Å². The molecule has 7 heteroatoms. The molecule has 0 saturated carbocycles. The summed E-state index contributed by atoms with van der Waals surface area (Å²) in [5.41, 5.74) is 2.17. The van der Waals surface area contributed by atoms with E-state index in [-0.39, 0.29) is 0 Å². The Morgan fingerprint density at radius 3 is 2.30 bits per heavy atom. The van der Waals surface area contributed by atoms with Crippen LogP contribution in [0.3, 0.4) is 0 Å². The predicted molar refractivity (Wildman–Crippen MR) is 115 cm³/mol. The van der Waals surface area contributed by atoms with Crippen molar-refractivity contribution in [2.45, 2.75) is 0 Å². The largest absolute Gasteiger partial charge is 0.497 e. The van der Waals surface area contributed by atoms with E-state index in [1.165, 1.54) is 14.2 Å². The van der Waals surface area contributed by atoms with Crippen LogP contribution >= 0.6 is 0 Å². The Hall–Kier alpha value is -4.00. The maximum absolute atomic E-state index is 12.5. The van der Waals surface area contributed by atoms with Gasteiger partial charge in [-0.05, 0) is 36.4 Å². The molecule has 0 aliphatic heterocycles. The topological polar surface area (TPSA) is 85.9 Å². The molecule has 0 radical (unpaired) electrons. The first-order valence-electron chi connectivity index (χ1n) is 9.21. The lowest BCUT2D eigenvalue weighted by Gasteiger charge is -2.13. The van der Waals surface area contributed by atoms with E-state index in [2.05, 4.69) is 10.6 Å². The normalized spacial score (nSPS) is 10.1. The highest BCUT2D eigenvalue weighted by Gasteiger charge is 2.16. The Morgan fingerprint density at radius 1 is 0.833 bits per heavy atom. The number of anilines is 3. The summed E-state index contributed by atoms with van der Waals surface area (Å²) in [7, 11) is 3.02. The molecule has 3 aromatic rings. The monoisotopic (exact) mass is 406 g/mol. The molecule has 7 nitrogen and oxygen atoms in total. The molecular weight excluding hydrogens is 384 g/mol. The lowest BCUT2D eigenvalue weighted by atomic mass is 10.1. The molecule has 0 saturated heterocycles. The number of benzene rings is 3. The van der Waals surface area contributed by atoms with Gasteiger partial charge >= 0.3 is 5.97 Å². The quantitative estimate of drug-likeness (QED) is 0.544. The van der Waals surface area contributed by atoms with Crippen LogP contribution in [0.5, 0.6) is 11.5 Å². The van der Waals surface area contributed by atoms with Crippen molar-refractivity contribution in [1.29, 1.82) is 0 Å². The third-order valence-electron chi connectivity index (χ3n) is 4.21. The van der Waals surface area contributed by atoms with Crippen LogP contribution in [0.4, 0.5) is 17.1 Å². The summed E-state index contributed by atoms with van der Waals surface area (Å²) in [6, 6.07) is 21.4. The Bertz CT molecular complexity index is 1020. The molecule has 0 aromatic heterocycles. The van der Waals surface area contributed by atoms with Gasteiger partial charge < -0.3 is 24.8 Å². The van der Waals surface area contributed by atoms with Gasteiger partial charge in [-0.3, -0.25) is 4.79 Å². The van der Waals surface area contributed by atoms with Crippen molar-refractivity contribution in [3.8, 4) is 11.5 Å². The Balaban J connectivity index is 1.64. The molecule has 0 aliphatic carbocycles. The van der Waals surface area contributed by atoms with Gasteiger partial charge in [-0.2, -0.15) is 0 Å². The van der Waals surface area contributed by atoms with Crippen LogP contribution in [-0.2, 0) is 9.53 Å². The van der Waals surface area contributed by atoms with Crippen LogP contribution in [0.1, 0.15) is 10.4 Å². The van der Waals surface area contributed by atoms with E-state index in [0.717, 1.165) is 5.69 Å². The Labute approximate surface area is 174 Å². The molecule has 3 rings (SSSR count). The number of ether oxygens (including phenoxy) is 3. The Morgan fingerprint density at radius 2 is 1.57 bits per heavy atom. The molecule has 154 valence electrons. The number of carbonyl (C=O) groups excluding carboxylic acids is 2. The Kier molecular flexibility index (Phi) is 6.89. The predicted octanol–water partition coefficient (Wildman–Crippen LogP) is 4.24. The van der Waals surface area contributed by atoms with E-state index >= 15 is 0 Å². The number of amides is 1. The van der Waals surface area contributed by atoms with Crippen LogP contribution in [0.25, 0.3) is 0 Å². The summed E-state index contributed by atoms with van der Waals surface area (Å²) in [4.78, 5) is 24.8. The number of methoxy groups -OCH3 is 2. The minimum atomic E-state index is -0.609. The molecule has 2 N–H and O–H groups in total. The van der Waals surface area contributed by atoms with E-state index < -0.39 is 18.5 Å². The SMILES string of the molecule is COc1ccc(OC)c(NC(=O)COC(=O)c2ccccc2Nc2ccccc2)c1. The standard InChI is InChI=1S/C23H22N2O5/c1-28-17-12-13-21(29-2)20(14-17)25-22(26)15-30-23(27)18-10-6-7-11-19(18)24-16-8-4-3-5-9-16/h3-14,24H,15H2,1-2H3,(H,25,26). The van der Waals surface area contributed by atoms with Crippen LogP contribution in [0.2, 0.25) is 0 Å². The number of rotatable bonds is 8. The van der Waals surface area contributed by atoms with Crippen molar-refractivity contribution in [3.63, 3.8) is 0 Å². The molecule has 3 aromatic carbocycles. The third-order valence-corrected chi connectivity index (χ3v) is 4.21. The first-order valence-corrected chi connectivity index (χ1v) is 9.21. The number of nitrogens with one attached hydrogen (secondary N) is 2. The first-order chi connectivity index (χ1) is 14.6. The minimum Gasteiger partial charge on any atom is -0.497 e. The van der Waals surface area contributed by atoms with E-state index in [1.54, 1.807) is 36.4 Å². The maximum Gasteiger partial charge on any atom is 0.340 e. The summed E-state index contributed by atoms with van der Waals surface area (Å²) >= 11 is 0. The second-order valence-electron chi connectivity index (χ2n) is 6.23. The van der Waals surface area contributed by atoms with Gasteiger partial charge in [0.2, 0.25) is 0 Å². The van der Waals surface area contributed by atoms with Crippen molar-refractivity contribution in [2.75, 3.05) is 31.5 Å². The fourth-order valence-electron chi connectivity index (χ4n) is 2.75. The molecule has 0 atom stereocenters. The van der Waals surface area contributed by atoms with Gasteiger partial charge in [0.15, 0.2) is 6.61 Å². The zero-order chi connectivity index (χ0) is 21.3. The van der Waals surface area contributed by atoms with Crippen LogP contribution < -0.4 is 20.1 Å². The second kappa shape index (κ2) is 9.97. The van der Waals surface area contributed by atoms with Gasteiger partial charge in [0.1, 0.15) is 11.5 Å². The summed E-state index contributed by atoms with van der Waals surface area (Å²) in [6.07, 6.45) is 0. The van der Waals surface area contributed by atoms with Crippen molar-refractivity contribution >= 4 is 28.9 Å². The number of hydrogen-bond donors (Lipinski definition) is 2. The lowest BCUT2D eigenvalue weighted by molar-refractivity contribution is -0.119. The zero-order valence-corrected chi connectivity index (χ0v) is 16.7. The van der Waals surface area contributed by atoms with Gasteiger partial charge in [-0.15, -0.1) is 0 Å². The lowest BCUT2D eigenvalue weighted by Crippen LogP contribution is -2.21. The molecule has 0 aliphatic rings. The fourth-order valence-corrected chi connectivity index (χ4v) is 2.75. The van der Waals surface area contributed by atoms with E-state index in [1.807, 2.05) is 36.4 Å². The van der Waals surface area contributed by atoms with E-state index in [4.69, 9.17) is 14.2 Å². The molecule has 0 bridgehead atoms. The molecule has 0 unspecified atom stereocenters. The van der Waals surface area contributed by atoms with Crippen LogP contribution in [0, 0.1) is 0 Å². The molecule has 30 heavy (non-hydrogen) atoms. The second-order valence-corrected chi connectivity index (χ2v) is 6.23. The summed E-state index contributed by atoms with van der Waals surface area (Å²) in [6.45, 7) is -0.446. The summed E-state index contributed by atoms with van der Waals surface area (Å²) in [5.74, 6) is -0.0814. The van der Waals surface area contributed by atoms with Gasteiger partial charge in [0.05, 0.1) is 31.2 Å².